The molecule has 0 aliphatic heterocycles. The van der Waals surface area contributed by atoms with E-state index in [1.165, 1.54) is 21.9 Å². The largest absolute Gasteiger partial charge is 0.310 e. The number of fused-ring (bicyclic) bond motifs is 3. The van der Waals surface area contributed by atoms with E-state index in [-0.39, 0.29) is 0 Å². The van der Waals surface area contributed by atoms with Crippen molar-refractivity contribution >= 4 is 38.9 Å². The molecule has 2 heterocycles. The number of aryl methyl sites for hydroxylation is 2. The van der Waals surface area contributed by atoms with Crippen molar-refractivity contribution in [2.45, 2.75) is 13.8 Å². The highest BCUT2D eigenvalue weighted by Gasteiger charge is 2.18. The molecular weight excluding hydrogens is 633 g/mol. The Morgan fingerprint density at radius 2 is 0.981 bits per heavy atom. The number of aromatic nitrogens is 3. The predicted octanol–water partition coefficient (Wildman–Crippen LogP) is 12.7. The van der Waals surface area contributed by atoms with Crippen molar-refractivity contribution in [1.82, 2.24) is 14.5 Å². The zero-order valence-corrected chi connectivity index (χ0v) is 29.1. The summed E-state index contributed by atoms with van der Waals surface area (Å²) in [6, 6.07) is 64.3. The van der Waals surface area contributed by atoms with Gasteiger partial charge in [0.25, 0.3) is 0 Å². The Bertz CT molecular complexity index is 2590. The van der Waals surface area contributed by atoms with E-state index in [0.717, 1.165) is 67.7 Å². The fraction of sp³-hybridized carbons (Fsp3) is 0.0417. The van der Waals surface area contributed by atoms with Gasteiger partial charge in [-0.15, -0.1) is 0 Å². The van der Waals surface area contributed by atoms with Gasteiger partial charge in [0.15, 0.2) is 5.82 Å². The zero-order chi connectivity index (χ0) is 35.0. The van der Waals surface area contributed by atoms with Gasteiger partial charge in [0.1, 0.15) is 0 Å². The Balaban J connectivity index is 1.16. The zero-order valence-electron chi connectivity index (χ0n) is 29.1. The Labute approximate surface area is 303 Å². The molecule has 2 aromatic heterocycles. The number of hydrogen-bond acceptors (Lipinski definition) is 3. The third-order valence-electron chi connectivity index (χ3n) is 9.90. The lowest BCUT2D eigenvalue weighted by Crippen LogP contribution is -2.09. The van der Waals surface area contributed by atoms with Crippen LogP contribution < -0.4 is 4.90 Å². The van der Waals surface area contributed by atoms with Gasteiger partial charge < -0.3 is 9.47 Å². The van der Waals surface area contributed by atoms with E-state index in [1.807, 2.05) is 0 Å². The SMILES string of the molecule is Cc1ccccc1-c1cc(-c2ccc(-n3c4ccccc4c4cc(N(c5ccccc5)c5ccccc5)ccc43)cc2)nc(-c2ccccc2C)n1. The monoisotopic (exact) mass is 668 g/mol. The molecule has 0 saturated heterocycles. The number of benzene rings is 7. The normalized spacial score (nSPS) is 11.3. The van der Waals surface area contributed by atoms with E-state index in [0.29, 0.717) is 0 Å². The molecular formula is C48H36N4. The summed E-state index contributed by atoms with van der Waals surface area (Å²) in [4.78, 5) is 12.5. The molecule has 0 fully saturated rings. The maximum atomic E-state index is 5.14. The predicted molar refractivity (Wildman–Crippen MR) is 217 cm³/mol. The third-order valence-corrected chi connectivity index (χ3v) is 9.90. The molecule has 52 heavy (non-hydrogen) atoms. The highest BCUT2D eigenvalue weighted by atomic mass is 15.1. The molecule has 0 atom stereocenters. The first-order valence-electron chi connectivity index (χ1n) is 17.7. The molecule has 7 aromatic carbocycles. The molecule has 4 heteroatoms. The van der Waals surface area contributed by atoms with Crippen LogP contribution in [-0.2, 0) is 0 Å². The molecule has 0 radical (unpaired) electrons. The maximum Gasteiger partial charge on any atom is 0.160 e. The van der Waals surface area contributed by atoms with Crippen LogP contribution in [0.25, 0.3) is 61.4 Å². The summed E-state index contributed by atoms with van der Waals surface area (Å²) in [6.45, 7) is 4.25. The number of rotatable bonds is 7. The second-order valence-electron chi connectivity index (χ2n) is 13.2. The average molecular weight is 669 g/mol. The van der Waals surface area contributed by atoms with Crippen LogP contribution in [0.15, 0.2) is 182 Å². The van der Waals surface area contributed by atoms with Gasteiger partial charge in [-0.05, 0) is 91.7 Å². The second-order valence-corrected chi connectivity index (χ2v) is 13.2. The summed E-state index contributed by atoms with van der Waals surface area (Å²) in [5.41, 5.74) is 14.1. The van der Waals surface area contributed by atoms with Gasteiger partial charge in [-0.25, -0.2) is 9.97 Å². The van der Waals surface area contributed by atoms with Crippen molar-refractivity contribution in [2.24, 2.45) is 0 Å². The van der Waals surface area contributed by atoms with Gasteiger partial charge in [0.05, 0.1) is 22.4 Å². The molecule has 4 nitrogen and oxygen atoms in total. The molecule has 0 aliphatic carbocycles. The Kier molecular flexibility index (Phi) is 7.90. The quantitative estimate of drug-likeness (QED) is 0.169. The highest BCUT2D eigenvalue weighted by molar-refractivity contribution is 6.10. The topological polar surface area (TPSA) is 34.0 Å². The van der Waals surface area contributed by atoms with Gasteiger partial charge in [-0.1, -0.05) is 115 Å². The number of para-hydroxylation sites is 3. The first-order chi connectivity index (χ1) is 25.6. The third kappa shape index (κ3) is 5.61. The molecule has 9 aromatic rings. The van der Waals surface area contributed by atoms with Crippen molar-refractivity contribution in [3.63, 3.8) is 0 Å². The van der Waals surface area contributed by atoms with Crippen molar-refractivity contribution in [1.29, 1.82) is 0 Å². The van der Waals surface area contributed by atoms with E-state index >= 15 is 0 Å². The van der Waals surface area contributed by atoms with E-state index in [1.54, 1.807) is 0 Å². The van der Waals surface area contributed by atoms with E-state index in [2.05, 4.69) is 205 Å². The number of anilines is 3. The Morgan fingerprint density at radius 3 is 1.65 bits per heavy atom. The van der Waals surface area contributed by atoms with Crippen LogP contribution in [0, 0.1) is 13.8 Å². The van der Waals surface area contributed by atoms with Crippen molar-refractivity contribution in [3.8, 4) is 39.6 Å². The van der Waals surface area contributed by atoms with Crippen LogP contribution in [0.1, 0.15) is 11.1 Å². The second kappa shape index (κ2) is 13.2. The van der Waals surface area contributed by atoms with Crippen molar-refractivity contribution in [3.05, 3.63) is 193 Å². The minimum Gasteiger partial charge on any atom is -0.310 e. The minimum atomic E-state index is 0.733. The van der Waals surface area contributed by atoms with Gasteiger partial charge in [-0.3, -0.25) is 0 Å². The Morgan fingerprint density at radius 1 is 0.423 bits per heavy atom. The summed E-state index contributed by atoms with van der Waals surface area (Å²) in [5, 5.41) is 2.42. The molecule has 0 N–H and O–H groups in total. The number of nitrogens with zero attached hydrogens (tertiary/aromatic N) is 4. The molecule has 0 amide bonds. The van der Waals surface area contributed by atoms with Gasteiger partial charge in [-0.2, -0.15) is 0 Å². The maximum absolute atomic E-state index is 5.14. The van der Waals surface area contributed by atoms with E-state index < -0.39 is 0 Å². The standard InChI is InChI=1S/C48H36N4/c1-33-15-9-11-21-40(33)45-32-44(49-48(50-45)41-22-12-10-16-34(41)2)35-25-27-38(28-26-35)52-46-24-14-13-23-42(46)43-31-39(29-30-47(43)52)51(36-17-5-3-6-18-36)37-19-7-4-8-20-37/h3-32H,1-2H3. The summed E-state index contributed by atoms with van der Waals surface area (Å²) >= 11 is 0. The molecule has 0 bridgehead atoms. The van der Waals surface area contributed by atoms with Crippen LogP contribution >= 0.6 is 0 Å². The Hall–Kier alpha value is -6.78. The first-order valence-corrected chi connectivity index (χ1v) is 17.7. The van der Waals surface area contributed by atoms with Crippen LogP contribution in [0.5, 0.6) is 0 Å². The van der Waals surface area contributed by atoms with Crippen LogP contribution in [0.4, 0.5) is 17.1 Å². The van der Waals surface area contributed by atoms with Crippen LogP contribution in [-0.4, -0.2) is 14.5 Å². The first kappa shape index (κ1) is 31.2. The fourth-order valence-corrected chi connectivity index (χ4v) is 7.30. The van der Waals surface area contributed by atoms with E-state index in [9.17, 15) is 0 Å². The van der Waals surface area contributed by atoms with Gasteiger partial charge in [0.2, 0.25) is 0 Å². The molecule has 0 saturated carbocycles. The number of hydrogen-bond donors (Lipinski definition) is 0. The van der Waals surface area contributed by atoms with E-state index in [4.69, 9.17) is 9.97 Å². The summed E-state index contributed by atoms with van der Waals surface area (Å²) in [6.07, 6.45) is 0. The van der Waals surface area contributed by atoms with Crippen molar-refractivity contribution < 1.29 is 0 Å². The summed E-state index contributed by atoms with van der Waals surface area (Å²) in [7, 11) is 0. The minimum absolute atomic E-state index is 0.733. The lowest BCUT2D eigenvalue weighted by molar-refractivity contribution is 1.16. The fourth-order valence-electron chi connectivity index (χ4n) is 7.30. The molecule has 0 aliphatic rings. The lowest BCUT2D eigenvalue weighted by atomic mass is 10.0. The smallest absolute Gasteiger partial charge is 0.160 e. The average Bonchev–Trinajstić information content (AvgIpc) is 3.53. The molecule has 9 rings (SSSR count). The van der Waals surface area contributed by atoms with Crippen LogP contribution in [0.3, 0.4) is 0 Å². The van der Waals surface area contributed by atoms with Crippen LogP contribution in [0.2, 0.25) is 0 Å². The molecule has 248 valence electrons. The molecule has 0 spiro atoms. The van der Waals surface area contributed by atoms with Gasteiger partial charge in [0, 0.05) is 50.2 Å². The summed E-state index contributed by atoms with van der Waals surface area (Å²) < 4.78 is 2.37. The lowest BCUT2D eigenvalue weighted by Gasteiger charge is -2.25. The van der Waals surface area contributed by atoms with Crippen molar-refractivity contribution in [2.75, 3.05) is 4.90 Å². The highest BCUT2D eigenvalue weighted by Crippen LogP contribution is 2.40. The summed E-state index contributed by atoms with van der Waals surface area (Å²) in [5.74, 6) is 0.733. The molecule has 0 unspecified atom stereocenters. The van der Waals surface area contributed by atoms with Gasteiger partial charge >= 0.3 is 0 Å².